The molecule has 3 N–H and O–H groups in total. The second kappa shape index (κ2) is 8.03. The number of nitrogens with one attached hydrogen (secondary N) is 1. The van der Waals surface area contributed by atoms with Gasteiger partial charge in [0.2, 0.25) is 0 Å². The first-order valence-electron chi connectivity index (χ1n) is 8.03. The van der Waals surface area contributed by atoms with E-state index in [4.69, 9.17) is 10.5 Å². The van der Waals surface area contributed by atoms with Gasteiger partial charge < -0.3 is 20.7 Å². The number of hydrogen-bond acceptors (Lipinski definition) is 4. The van der Waals surface area contributed by atoms with Gasteiger partial charge in [0.05, 0.1) is 5.56 Å². The number of nitrogens with two attached hydrogens (primary N) is 1. The third-order valence-electron chi connectivity index (χ3n) is 4.20. The molecule has 0 unspecified atom stereocenters. The number of benzene rings is 1. The summed E-state index contributed by atoms with van der Waals surface area (Å²) in [5.41, 5.74) is 8.16. The topological polar surface area (TPSA) is 67.6 Å². The van der Waals surface area contributed by atoms with Gasteiger partial charge in [0.15, 0.2) is 0 Å². The SMILES string of the molecule is COCCCNC(=O)c1cc(N)ccc1N1CCC(C)CC1. The molecule has 5 heteroatoms. The number of piperidine rings is 1. The molecule has 0 saturated carbocycles. The lowest BCUT2D eigenvalue weighted by molar-refractivity contribution is 0.0949. The summed E-state index contributed by atoms with van der Waals surface area (Å²) in [6.45, 7) is 5.53. The number of methoxy groups -OCH3 is 1. The summed E-state index contributed by atoms with van der Waals surface area (Å²) >= 11 is 0. The Labute approximate surface area is 132 Å². The molecule has 122 valence electrons. The van der Waals surface area contributed by atoms with Crippen LogP contribution in [0.15, 0.2) is 18.2 Å². The number of hydrogen-bond donors (Lipinski definition) is 2. The van der Waals surface area contributed by atoms with E-state index in [1.165, 1.54) is 12.8 Å². The highest BCUT2D eigenvalue weighted by molar-refractivity contribution is 6.00. The molecule has 1 amide bonds. The number of anilines is 2. The highest BCUT2D eigenvalue weighted by atomic mass is 16.5. The van der Waals surface area contributed by atoms with Crippen molar-refractivity contribution < 1.29 is 9.53 Å². The maximum absolute atomic E-state index is 12.5. The van der Waals surface area contributed by atoms with Crippen LogP contribution in [-0.2, 0) is 4.74 Å². The Hall–Kier alpha value is -1.75. The molecule has 0 bridgehead atoms. The van der Waals surface area contributed by atoms with E-state index in [0.717, 1.165) is 31.1 Å². The van der Waals surface area contributed by atoms with E-state index in [-0.39, 0.29) is 5.91 Å². The van der Waals surface area contributed by atoms with Crippen LogP contribution < -0.4 is 16.0 Å². The molecule has 1 heterocycles. The van der Waals surface area contributed by atoms with Crippen LogP contribution in [0, 0.1) is 5.92 Å². The Morgan fingerprint density at radius 3 is 2.82 bits per heavy atom. The summed E-state index contributed by atoms with van der Waals surface area (Å²) in [6.07, 6.45) is 3.14. The molecule has 0 aromatic heterocycles. The molecule has 1 saturated heterocycles. The van der Waals surface area contributed by atoms with Crippen molar-refractivity contribution in [1.82, 2.24) is 5.32 Å². The highest BCUT2D eigenvalue weighted by Crippen LogP contribution is 2.27. The smallest absolute Gasteiger partial charge is 0.253 e. The molecular weight excluding hydrogens is 278 g/mol. The van der Waals surface area contributed by atoms with Gasteiger partial charge in [-0.25, -0.2) is 0 Å². The second-order valence-corrected chi connectivity index (χ2v) is 6.05. The van der Waals surface area contributed by atoms with Gasteiger partial charge in [0, 0.05) is 44.7 Å². The van der Waals surface area contributed by atoms with Crippen LogP contribution in [0.4, 0.5) is 11.4 Å². The molecule has 1 aliphatic heterocycles. The van der Waals surface area contributed by atoms with E-state index >= 15 is 0 Å². The van der Waals surface area contributed by atoms with Crippen molar-refractivity contribution >= 4 is 17.3 Å². The predicted octanol–water partition coefficient (Wildman–Crippen LogP) is 2.27. The highest BCUT2D eigenvalue weighted by Gasteiger charge is 2.21. The van der Waals surface area contributed by atoms with Gasteiger partial charge in [-0.15, -0.1) is 0 Å². The van der Waals surface area contributed by atoms with Gasteiger partial charge in [0.1, 0.15) is 0 Å². The third-order valence-corrected chi connectivity index (χ3v) is 4.20. The number of carbonyl (C=O) groups is 1. The van der Waals surface area contributed by atoms with Crippen molar-refractivity contribution in [3.63, 3.8) is 0 Å². The maximum Gasteiger partial charge on any atom is 0.253 e. The molecule has 2 rings (SSSR count). The van der Waals surface area contributed by atoms with Crippen molar-refractivity contribution in [3.05, 3.63) is 23.8 Å². The molecule has 0 radical (unpaired) electrons. The average Bonchev–Trinajstić information content (AvgIpc) is 2.52. The summed E-state index contributed by atoms with van der Waals surface area (Å²) in [4.78, 5) is 14.7. The maximum atomic E-state index is 12.5. The van der Waals surface area contributed by atoms with E-state index in [1.807, 2.05) is 12.1 Å². The lowest BCUT2D eigenvalue weighted by atomic mass is 9.98. The minimum atomic E-state index is -0.0583. The Bertz CT molecular complexity index is 497. The van der Waals surface area contributed by atoms with Crippen molar-refractivity contribution in [2.24, 2.45) is 5.92 Å². The van der Waals surface area contributed by atoms with Gasteiger partial charge in [-0.1, -0.05) is 6.92 Å². The van der Waals surface area contributed by atoms with Gasteiger partial charge in [-0.05, 0) is 43.4 Å². The summed E-state index contributed by atoms with van der Waals surface area (Å²) in [6, 6.07) is 5.61. The van der Waals surface area contributed by atoms with Crippen molar-refractivity contribution in [3.8, 4) is 0 Å². The predicted molar refractivity (Wildman–Crippen MR) is 90.3 cm³/mol. The molecule has 1 fully saturated rings. The summed E-state index contributed by atoms with van der Waals surface area (Å²) in [5.74, 6) is 0.702. The Morgan fingerprint density at radius 1 is 1.41 bits per heavy atom. The largest absolute Gasteiger partial charge is 0.399 e. The molecule has 0 spiro atoms. The zero-order chi connectivity index (χ0) is 15.9. The monoisotopic (exact) mass is 305 g/mol. The Balaban J connectivity index is 2.08. The van der Waals surface area contributed by atoms with Crippen molar-refractivity contribution in [2.75, 3.05) is 44.0 Å². The van der Waals surface area contributed by atoms with E-state index in [2.05, 4.69) is 17.1 Å². The molecule has 1 aromatic carbocycles. The van der Waals surface area contributed by atoms with Crippen LogP contribution in [-0.4, -0.2) is 39.3 Å². The van der Waals surface area contributed by atoms with Crippen LogP contribution in [0.5, 0.6) is 0 Å². The van der Waals surface area contributed by atoms with E-state index in [1.54, 1.807) is 13.2 Å². The van der Waals surface area contributed by atoms with Crippen LogP contribution in [0.25, 0.3) is 0 Å². The number of carbonyl (C=O) groups excluding carboxylic acids is 1. The fourth-order valence-corrected chi connectivity index (χ4v) is 2.77. The van der Waals surface area contributed by atoms with E-state index in [0.29, 0.717) is 24.4 Å². The second-order valence-electron chi connectivity index (χ2n) is 6.05. The average molecular weight is 305 g/mol. The van der Waals surface area contributed by atoms with Gasteiger partial charge in [0.25, 0.3) is 5.91 Å². The van der Waals surface area contributed by atoms with Gasteiger partial charge >= 0.3 is 0 Å². The van der Waals surface area contributed by atoms with Crippen molar-refractivity contribution in [1.29, 1.82) is 0 Å². The first-order chi connectivity index (χ1) is 10.6. The minimum Gasteiger partial charge on any atom is -0.399 e. The molecule has 1 aromatic rings. The first-order valence-corrected chi connectivity index (χ1v) is 8.03. The summed E-state index contributed by atoms with van der Waals surface area (Å²) in [5, 5.41) is 2.95. The molecule has 0 atom stereocenters. The number of ether oxygens (including phenoxy) is 1. The van der Waals surface area contributed by atoms with Crippen molar-refractivity contribution in [2.45, 2.75) is 26.2 Å². The normalized spacial score (nSPS) is 15.8. The lowest BCUT2D eigenvalue weighted by Gasteiger charge is -2.33. The molecule has 5 nitrogen and oxygen atoms in total. The Kier molecular flexibility index (Phi) is 6.07. The number of rotatable bonds is 6. The van der Waals surface area contributed by atoms with Crippen LogP contribution in [0.3, 0.4) is 0 Å². The first kappa shape index (κ1) is 16.6. The van der Waals surface area contributed by atoms with Gasteiger partial charge in [-0.3, -0.25) is 4.79 Å². The van der Waals surface area contributed by atoms with Crippen LogP contribution in [0.1, 0.15) is 36.5 Å². The van der Waals surface area contributed by atoms with E-state index < -0.39 is 0 Å². The molecule has 22 heavy (non-hydrogen) atoms. The molecular formula is C17H27N3O2. The standard InChI is InChI=1S/C17H27N3O2/c1-13-6-9-20(10-7-13)16-5-4-14(18)12-15(16)17(21)19-8-3-11-22-2/h4-5,12-13H,3,6-11,18H2,1-2H3,(H,19,21). The zero-order valence-corrected chi connectivity index (χ0v) is 13.6. The number of nitrogen functional groups attached to an aromatic ring is 1. The quantitative estimate of drug-likeness (QED) is 0.625. The minimum absolute atomic E-state index is 0.0583. The van der Waals surface area contributed by atoms with Gasteiger partial charge in [-0.2, -0.15) is 0 Å². The zero-order valence-electron chi connectivity index (χ0n) is 13.6. The Morgan fingerprint density at radius 2 is 2.14 bits per heavy atom. The number of amides is 1. The van der Waals surface area contributed by atoms with Crippen LogP contribution >= 0.6 is 0 Å². The lowest BCUT2D eigenvalue weighted by Crippen LogP contribution is -2.35. The third kappa shape index (κ3) is 4.37. The fourth-order valence-electron chi connectivity index (χ4n) is 2.77. The van der Waals surface area contributed by atoms with Crippen LogP contribution in [0.2, 0.25) is 0 Å². The molecule has 0 aliphatic carbocycles. The summed E-state index contributed by atoms with van der Waals surface area (Å²) in [7, 11) is 1.66. The van der Waals surface area contributed by atoms with E-state index in [9.17, 15) is 4.79 Å². The molecule has 1 aliphatic rings. The fraction of sp³-hybridized carbons (Fsp3) is 0.588. The number of nitrogens with zero attached hydrogens (tertiary/aromatic N) is 1. The summed E-state index contributed by atoms with van der Waals surface area (Å²) < 4.78 is 5.00.